The van der Waals surface area contributed by atoms with E-state index in [9.17, 15) is 4.79 Å². The highest BCUT2D eigenvalue weighted by Crippen LogP contribution is 2.40. The molecule has 1 heteroatoms. The Bertz CT molecular complexity index is 986. The Morgan fingerprint density at radius 3 is 1.89 bits per heavy atom. The average molecular weight is 357 g/mol. The third-order valence-electron chi connectivity index (χ3n) is 5.67. The molecular formula is C26H26O. The van der Waals surface area contributed by atoms with E-state index in [1.165, 1.54) is 11.1 Å². The lowest BCUT2D eigenvalue weighted by Crippen LogP contribution is -2.44. The van der Waals surface area contributed by atoms with Gasteiger partial charge in [0, 0.05) is 9.16 Å². The SMILES string of the molecule is [2H]C1([2H])CC(=O)C(Cc2ccc(C)cc2)(Cc2ccc(C)cc2)c2ccccc21. The Labute approximate surface area is 164 Å². The molecule has 0 atom stereocenters. The molecule has 1 aliphatic rings. The summed E-state index contributed by atoms with van der Waals surface area (Å²) < 4.78 is 17.0. The van der Waals surface area contributed by atoms with Gasteiger partial charge in [0.1, 0.15) is 5.78 Å². The molecule has 4 rings (SSSR count). The van der Waals surface area contributed by atoms with Crippen molar-refractivity contribution < 1.29 is 7.54 Å². The summed E-state index contributed by atoms with van der Waals surface area (Å²) in [4.78, 5) is 13.6. The molecule has 0 amide bonds. The van der Waals surface area contributed by atoms with Gasteiger partial charge >= 0.3 is 0 Å². The summed E-state index contributed by atoms with van der Waals surface area (Å²) in [6.07, 6.45) is -0.556. The second kappa shape index (κ2) is 7.15. The summed E-state index contributed by atoms with van der Waals surface area (Å²) >= 11 is 0. The highest BCUT2D eigenvalue weighted by Gasteiger charge is 2.43. The average Bonchev–Trinajstić information content (AvgIpc) is 2.69. The van der Waals surface area contributed by atoms with Crippen LogP contribution in [0.4, 0.5) is 0 Å². The van der Waals surface area contributed by atoms with Crippen molar-refractivity contribution in [2.75, 3.05) is 0 Å². The molecule has 0 radical (unpaired) electrons. The first-order chi connectivity index (χ1) is 13.8. The van der Waals surface area contributed by atoms with Crippen molar-refractivity contribution >= 4 is 5.78 Å². The zero-order chi connectivity index (χ0) is 20.6. The minimum absolute atomic E-state index is 0.0117. The van der Waals surface area contributed by atoms with Gasteiger partial charge in [-0.2, -0.15) is 0 Å². The second-order valence-corrected chi connectivity index (χ2v) is 7.73. The second-order valence-electron chi connectivity index (χ2n) is 7.73. The molecule has 3 aromatic carbocycles. The van der Waals surface area contributed by atoms with E-state index >= 15 is 0 Å². The van der Waals surface area contributed by atoms with Crippen LogP contribution in [0.5, 0.6) is 0 Å². The van der Waals surface area contributed by atoms with Crippen LogP contribution in [0.1, 0.15) is 42.5 Å². The molecule has 0 spiro atoms. The molecule has 0 N–H and O–H groups in total. The minimum Gasteiger partial charge on any atom is -0.299 e. The molecule has 0 aromatic heterocycles. The molecule has 136 valence electrons. The van der Waals surface area contributed by atoms with E-state index < -0.39 is 11.8 Å². The summed E-state index contributed by atoms with van der Waals surface area (Å²) in [5.74, 6) is -0.0117. The van der Waals surface area contributed by atoms with Crippen LogP contribution in [0.2, 0.25) is 0 Å². The minimum atomic E-state index is -1.63. The van der Waals surface area contributed by atoms with Crippen LogP contribution in [0.25, 0.3) is 0 Å². The van der Waals surface area contributed by atoms with Crippen LogP contribution >= 0.6 is 0 Å². The Kier molecular flexibility index (Phi) is 4.08. The molecule has 0 heterocycles. The molecular weight excluding hydrogens is 328 g/mol. The third kappa shape index (κ3) is 3.47. The number of rotatable bonds is 4. The molecule has 0 bridgehead atoms. The monoisotopic (exact) mass is 356 g/mol. The predicted molar refractivity (Wildman–Crippen MR) is 111 cm³/mol. The number of ketones is 1. The fourth-order valence-electron chi connectivity index (χ4n) is 4.11. The first-order valence-corrected chi connectivity index (χ1v) is 9.55. The lowest BCUT2D eigenvalue weighted by Gasteiger charge is -2.38. The van der Waals surface area contributed by atoms with Gasteiger partial charge in [-0.1, -0.05) is 83.9 Å². The lowest BCUT2D eigenvalue weighted by atomic mass is 9.63. The van der Waals surface area contributed by atoms with Crippen molar-refractivity contribution in [1.82, 2.24) is 0 Å². The largest absolute Gasteiger partial charge is 0.299 e. The molecule has 0 fully saturated rings. The van der Waals surface area contributed by atoms with E-state index in [-0.39, 0.29) is 12.2 Å². The summed E-state index contributed by atoms with van der Waals surface area (Å²) in [5.41, 5.74) is 5.32. The molecule has 0 unspecified atom stereocenters. The standard InChI is InChI=1S/C26H26O/c1-19-7-11-21(12-8-19)17-26(18-22-13-9-20(2)10-14-22)24-6-4-3-5-23(24)15-16-25(26)27/h3-14H,15-18H2,1-2H3/i15D2. The van der Waals surface area contributed by atoms with Crippen LogP contribution in [0, 0.1) is 13.8 Å². The van der Waals surface area contributed by atoms with Crippen molar-refractivity contribution in [3.63, 3.8) is 0 Å². The fourth-order valence-corrected chi connectivity index (χ4v) is 4.11. The zero-order valence-corrected chi connectivity index (χ0v) is 16.0. The van der Waals surface area contributed by atoms with E-state index in [4.69, 9.17) is 2.74 Å². The number of fused-ring (bicyclic) bond motifs is 1. The number of carbonyl (C=O) groups is 1. The van der Waals surface area contributed by atoms with Crippen molar-refractivity contribution in [1.29, 1.82) is 0 Å². The molecule has 1 aliphatic carbocycles. The molecule has 0 saturated heterocycles. The number of carbonyl (C=O) groups excluding carboxylic acids is 1. The van der Waals surface area contributed by atoms with Gasteiger partial charge in [0.2, 0.25) is 0 Å². The van der Waals surface area contributed by atoms with Crippen molar-refractivity contribution in [2.24, 2.45) is 0 Å². The highest BCUT2D eigenvalue weighted by atomic mass is 16.1. The summed E-state index contributed by atoms with van der Waals surface area (Å²) in [6.45, 7) is 4.11. The Morgan fingerprint density at radius 1 is 0.815 bits per heavy atom. The zero-order valence-electron chi connectivity index (χ0n) is 18.0. The maximum Gasteiger partial charge on any atom is 0.144 e. The van der Waals surface area contributed by atoms with Crippen LogP contribution in [0.15, 0.2) is 72.8 Å². The van der Waals surface area contributed by atoms with E-state index in [2.05, 4.69) is 62.4 Å². The highest BCUT2D eigenvalue weighted by molar-refractivity contribution is 5.93. The summed E-state index contributed by atoms with van der Waals surface area (Å²) in [6, 6.07) is 24.3. The molecule has 3 aromatic rings. The van der Waals surface area contributed by atoms with Crippen molar-refractivity contribution in [2.45, 2.75) is 44.9 Å². The number of hydrogen-bond acceptors (Lipinski definition) is 1. The van der Waals surface area contributed by atoms with E-state index in [0.29, 0.717) is 18.4 Å². The Balaban J connectivity index is 1.88. The molecule has 0 saturated carbocycles. The van der Waals surface area contributed by atoms with Gasteiger partial charge in [0.15, 0.2) is 0 Å². The van der Waals surface area contributed by atoms with Crippen LogP contribution < -0.4 is 0 Å². The first kappa shape index (κ1) is 15.4. The molecule has 27 heavy (non-hydrogen) atoms. The number of benzene rings is 3. The van der Waals surface area contributed by atoms with Gasteiger partial charge in [-0.25, -0.2) is 0 Å². The third-order valence-corrected chi connectivity index (χ3v) is 5.67. The number of hydrogen-bond donors (Lipinski definition) is 0. The van der Waals surface area contributed by atoms with Gasteiger partial charge in [-0.3, -0.25) is 4.79 Å². The van der Waals surface area contributed by atoms with E-state index in [1.54, 1.807) is 0 Å². The van der Waals surface area contributed by atoms with Gasteiger partial charge < -0.3 is 0 Å². The van der Waals surface area contributed by atoms with Crippen LogP contribution in [-0.4, -0.2) is 5.78 Å². The molecule has 1 nitrogen and oxygen atoms in total. The van der Waals surface area contributed by atoms with E-state index in [0.717, 1.165) is 16.7 Å². The van der Waals surface area contributed by atoms with E-state index in [1.807, 2.05) is 24.3 Å². The van der Waals surface area contributed by atoms with Crippen LogP contribution in [-0.2, 0) is 29.4 Å². The van der Waals surface area contributed by atoms with Crippen molar-refractivity contribution in [3.8, 4) is 0 Å². The maximum atomic E-state index is 13.6. The quantitative estimate of drug-likeness (QED) is 0.600. The smallest absolute Gasteiger partial charge is 0.144 e. The van der Waals surface area contributed by atoms with Gasteiger partial charge in [-0.05, 0) is 55.3 Å². The first-order valence-electron chi connectivity index (χ1n) is 10.5. The number of Topliss-reactive ketones (excluding diaryl/α,β-unsaturated/α-hetero) is 1. The maximum absolute atomic E-state index is 13.6. The van der Waals surface area contributed by atoms with Crippen LogP contribution in [0.3, 0.4) is 0 Å². The topological polar surface area (TPSA) is 17.1 Å². The van der Waals surface area contributed by atoms with Crippen molar-refractivity contribution in [3.05, 3.63) is 106 Å². The summed E-state index contributed by atoms with van der Waals surface area (Å²) in [5, 5.41) is 0. The van der Waals surface area contributed by atoms with Gasteiger partial charge in [0.05, 0.1) is 5.41 Å². The van der Waals surface area contributed by atoms with Gasteiger partial charge in [0.25, 0.3) is 0 Å². The normalized spacial score (nSPS) is 18.4. The van der Waals surface area contributed by atoms with Gasteiger partial charge in [-0.15, -0.1) is 0 Å². The number of aryl methyl sites for hydroxylation is 3. The predicted octanol–water partition coefficient (Wildman–Crippen LogP) is 5.54. The lowest BCUT2D eigenvalue weighted by molar-refractivity contribution is -0.125. The molecule has 0 aliphatic heterocycles. The Hall–Kier alpha value is -2.67. The fraction of sp³-hybridized carbons (Fsp3) is 0.269. The Morgan fingerprint density at radius 2 is 1.33 bits per heavy atom. The summed E-state index contributed by atoms with van der Waals surface area (Å²) in [7, 11) is 0.